The molecule has 0 fully saturated rings. The standard InChI is InChI=1S/C19H21N3O5S/c1-11(2)20-19(26)22-16(23)12(3)27-18(25)13-6-8-14(9-7-13)21-17(24)15-5-4-10-28-15/h4-12H,1-3H3,(H,21,24)(H2,20,22,23,26)/t12-/m1/s1. The summed E-state index contributed by atoms with van der Waals surface area (Å²) in [4.78, 5) is 48.1. The van der Waals surface area contributed by atoms with Crippen molar-refractivity contribution >= 4 is 40.8 Å². The molecule has 8 nitrogen and oxygen atoms in total. The van der Waals surface area contributed by atoms with Crippen LogP contribution < -0.4 is 16.0 Å². The zero-order valence-corrected chi connectivity index (χ0v) is 16.5. The number of thiophene rings is 1. The Balaban J connectivity index is 1.89. The molecular weight excluding hydrogens is 382 g/mol. The lowest BCUT2D eigenvalue weighted by molar-refractivity contribution is -0.127. The molecule has 0 saturated heterocycles. The molecule has 0 saturated carbocycles. The third-order valence-corrected chi connectivity index (χ3v) is 4.30. The number of hydrogen-bond donors (Lipinski definition) is 3. The van der Waals surface area contributed by atoms with Crippen molar-refractivity contribution in [1.29, 1.82) is 0 Å². The zero-order valence-electron chi connectivity index (χ0n) is 15.6. The topological polar surface area (TPSA) is 114 Å². The molecule has 0 aliphatic heterocycles. The van der Waals surface area contributed by atoms with Crippen molar-refractivity contribution in [3.63, 3.8) is 0 Å². The highest BCUT2D eigenvalue weighted by Gasteiger charge is 2.21. The van der Waals surface area contributed by atoms with Crippen LogP contribution in [0.4, 0.5) is 10.5 Å². The SMILES string of the molecule is CC(C)NC(=O)NC(=O)[C@@H](C)OC(=O)c1ccc(NC(=O)c2cccs2)cc1. The normalized spacial score (nSPS) is 11.4. The summed E-state index contributed by atoms with van der Waals surface area (Å²) >= 11 is 1.32. The van der Waals surface area contributed by atoms with E-state index in [-0.39, 0.29) is 17.5 Å². The van der Waals surface area contributed by atoms with E-state index >= 15 is 0 Å². The lowest BCUT2D eigenvalue weighted by atomic mass is 10.2. The average molecular weight is 403 g/mol. The molecule has 1 aromatic carbocycles. The minimum absolute atomic E-state index is 0.135. The third-order valence-electron chi connectivity index (χ3n) is 3.43. The number of carbonyl (C=O) groups excluding carboxylic acids is 4. The number of amides is 4. The van der Waals surface area contributed by atoms with Gasteiger partial charge in [-0.1, -0.05) is 6.07 Å². The van der Waals surface area contributed by atoms with E-state index in [9.17, 15) is 19.2 Å². The Morgan fingerprint density at radius 2 is 1.68 bits per heavy atom. The van der Waals surface area contributed by atoms with Crippen LogP contribution in [0, 0.1) is 0 Å². The van der Waals surface area contributed by atoms with Crippen molar-refractivity contribution in [2.45, 2.75) is 32.9 Å². The van der Waals surface area contributed by atoms with Gasteiger partial charge >= 0.3 is 12.0 Å². The largest absolute Gasteiger partial charge is 0.449 e. The number of benzene rings is 1. The summed E-state index contributed by atoms with van der Waals surface area (Å²) in [6, 6.07) is 8.76. The molecule has 2 aromatic rings. The maximum Gasteiger partial charge on any atom is 0.338 e. The smallest absolute Gasteiger partial charge is 0.338 e. The van der Waals surface area contributed by atoms with Crippen molar-refractivity contribution < 1.29 is 23.9 Å². The van der Waals surface area contributed by atoms with Crippen molar-refractivity contribution in [3.8, 4) is 0 Å². The maximum atomic E-state index is 12.2. The number of anilines is 1. The van der Waals surface area contributed by atoms with Crippen LogP contribution in [0.5, 0.6) is 0 Å². The molecule has 0 radical (unpaired) electrons. The second-order valence-electron chi connectivity index (χ2n) is 6.17. The van der Waals surface area contributed by atoms with Gasteiger partial charge in [-0.15, -0.1) is 11.3 Å². The summed E-state index contributed by atoms with van der Waals surface area (Å²) < 4.78 is 5.07. The van der Waals surface area contributed by atoms with Gasteiger partial charge < -0.3 is 15.4 Å². The van der Waals surface area contributed by atoms with Crippen LogP contribution in [0.3, 0.4) is 0 Å². The Morgan fingerprint density at radius 3 is 2.25 bits per heavy atom. The van der Waals surface area contributed by atoms with E-state index in [0.717, 1.165) is 0 Å². The first kappa shape index (κ1) is 21.1. The number of hydrogen-bond acceptors (Lipinski definition) is 6. The Morgan fingerprint density at radius 1 is 1.00 bits per heavy atom. The Labute approximate surface area is 166 Å². The van der Waals surface area contributed by atoms with E-state index in [4.69, 9.17) is 4.74 Å². The molecule has 0 aliphatic carbocycles. The lowest BCUT2D eigenvalue weighted by Gasteiger charge is -2.14. The van der Waals surface area contributed by atoms with Crippen molar-refractivity contribution in [1.82, 2.24) is 10.6 Å². The summed E-state index contributed by atoms with van der Waals surface area (Å²) in [6.07, 6.45) is -1.15. The van der Waals surface area contributed by atoms with E-state index in [2.05, 4.69) is 16.0 Å². The summed E-state index contributed by atoms with van der Waals surface area (Å²) in [5, 5.41) is 9.12. The number of carbonyl (C=O) groups is 4. The molecule has 0 bridgehead atoms. The van der Waals surface area contributed by atoms with Crippen molar-refractivity contribution in [3.05, 3.63) is 52.2 Å². The van der Waals surface area contributed by atoms with Crippen molar-refractivity contribution in [2.75, 3.05) is 5.32 Å². The van der Waals surface area contributed by atoms with Crippen LogP contribution in [-0.2, 0) is 9.53 Å². The van der Waals surface area contributed by atoms with Crippen LogP contribution in [0.15, 0.2) is 41.8 Å². The van der Waals surface area contributed by atoms with Gasteiger partial charge in [0.1, 0.15) is 0 Å². The molecule has 0 spiro atoms. The lowest BCUT2D eigenvalue weighted by Crippen LogP contribution is -2.46. The Hall–Kier alpha value is -3.20. The second kappa shape index (κ2) is 9.65. The first-order chi connectivity index (χ1) is 13.3. The summed E-state index contributed by atoms with van der Waals surface area (Å²) in [5.74, 6) is -1.69. The third kappa shape index (κ3) is 6.20. The number of esters is 1. The summed E-state index contributed by atoms with van der Waals surface area (Å²) in [5.41, 5.74) is 0.728. The highest BCUT2D eigenvalue weighted by Crippen LogP contribution is 2.15. The van der Waals surface area contributed by atoms with E-state index in [1.165, 1.54) is 30.4 Å². The molecule has 1 heterocycles. The Bertz CT molecular complexity index is 847. The predicted octanol–water partition coefficient (Wildman–Crippen LogP) is 2.78. The number of ether oxygens (including phenoxy) is 1. The fourth-order valence-electron chi connectivity index (χ4n) is 2.08. The van der Waals surface area contributed by atoms with Crippen LogP contribution in [0.1, 0.15) is 40.8 Å². The quantitative estimate of drug-likeness (QED) is 0.642. The highest BCUT2D eigenvalue weighted by atomic mass is 32.1. The second-order valence-corrected chi connectivity index (χ2v) is 7.12. The number of urea groups is 1. The molecule has 148 valence electrons. The van der Waals surface area contributed by atoms with Gasteiger partial charge in [-0.05, 0) is 56.5 Å². The molecule has 9 heteroatoms. The van der Waals surface area contributed by atoms with Gasteiger partial charge in [0.15, 0.2) is 6.10 Å². The van der Waals surface area contributed by atoms with Crippen LogP contribution in [-0.4, -0.2) is 36.0 Å². The molecule has 2 rings (SSSR count). The monoisotopic (exact) mass is 403 g/mol. The molecule has 4 amide bonds. The molecule has 0 aliphatic rings. The van der Waals surface area contributed by atoms with Gasteiger partial charge in [0.05, 0.1) is 10.4 Å². The fourth-order valence-corrected chi connectivity index (χ4v) is 2.70. The van der Waals surface area contributed by atoms with E-state index in [1.54, 1.807) is 43.5 Å². The van der Waals surface area contributed by atoms with Gasteiger partial charge in [0, 0.05) is 11.7 Å². The minimum atomic E-state index is -1.15. The molecule has 1 aromatic heterocycles. The molecule has 1 atom stereocenters. The van der Waals surface area contributed by atoms with Gasteiger partial charge in [0.2, 0.25) is 0 Å². The molecular formula is C19H21N3O5S. The fraction of sp³-hybridized carbons (Fsp3) is 0.263. The van der Waals surface area contributed by atoms with Gasteiger partial charge in [-0.3, -0.25) is 14.9 Å². The minimum Gasteiger partial charge on any atom is -0.449 e. The van der Waals surface area contributed by atoms with Crippen LogP contribution >= 0.6 is 11.3 Å². The van der Waals surface area contributed by atoms with Gasteiger partial charge in [0.25, 0.3) is 11.8 Å². The van der Waals surface area contributed by atoms with Gasteiger partial charge in [-0.25, -0.2) is 9.59 Å². The first-order valence-corrected chi connectivity index (χ1v) is 9.41. The summed E-state index contributed by atoms with van der Waals surface area (Å²) in [7, 11) is 0. The van der Waals surface area contributed by atoms with E-state index in [1.807, 2.05) is 0 Å². The predicted molar refractivity (Wildman–Crippen MR) is 105 cm³/mol. The van der Waals surface area contributed by atoms with Crippen molar-refractivity contribution in [2.24, 2.45) is 0 Å². The van der Waals surface area contributed by atoms with E-state index in [0.29, 0.717) is 10.6 Å². The number of rotatable bonds is 6. The van der Waals surface area contributed by atoms with Crippen LogP contribution in [0.25, 0.3) is 0 Å². The van der Waals surface area contributed by atoms with Gasteiger partial charge in [-0.2, -0.15) is 0 Å². The highest BCUT2D eigenvalue weighted by molar-refractivity contribution is 7.12. The first-order valence-electron chi connectivity index (χ1n) is 8.53. The summed E-state index contributed by atoms with van der Waals surface area (Å²) in [6.45, 7) is 4.87. The van der Waals surface area contributed by atoms with E-state index < -0.39 is 24.0 Å². The number of nitrogens with one attached hydrogen (secondary N) is 3. The molecule has 28 heavy (non-hydrogen) atoms. The average Bonchev–Trinajstić information content (AvgIpc) is 3.16. The maximum absolute atomic E-state index is 12.2. The zero-order chi connectivity index (χ0) is 20.7. The molecule has 0 unspecified atom stereocenters. The molecule has 3 N–H and O–H groups in total. The number of imide groups is 1. The Kier molecular flexibility index (Phi) is 7.28. The van der Waals surface area contributed by atoms with Crippen LogP contribution in [0.2, 0.25) is 0 Å².